The monoisotopic (exact) mass is 513 g/mol. The van der Waals surface area contributed by atoms with Crippen LogP contribution < -0.4 is 10.1 Å². The largest absolute Gasteiger partial charge is 0.457 e. The molecule has 1 aromatic heterocycles. The minimum absolute atomic E-state index is 0.00909. The van der Waals surface area contributed by atoms with E-state index in [1.807, 2.05) is 0 Å². The van der Waals surface area contributed by atoms with Gasteiger partial charge in [-0.25, -0.2) is 0 Å². The van der Waals surface area contributed by atoms with E-state index in [0.29, 0.717) is 21.0 Å². The predicted octanol–water partition coefficient (Wildman–Crippen LogP) is 5.42. The van der Waals surface area contributed by atoms with Gasteiger partial charge in [0.2, 0.25) is 11.6 Å². The Balaban J connectivity index is 1.88. The average molecular weight is 514 g/mol. The fraction of sp³-hybridized carbons (Fsp3) is 0.200. The Morgan fingerprint density at radius 3 is 2.37 bits per heavy atom. The van der Waals surface area contributed by atoms with Gasteiger partial charge in [-0.3, -0.25) is 29.7 Å². The van der Waals surface area contributed by atoms with Gasteiger partial charge in [0.25, 0.3) is 5.69 Å². The number of carbonyl (C=O) groups excluding carboxylic acids is 1. The summed E-state index contributed by atoms with van der Waals surface area (Å²) >= 11 is 5.90. The van der Waals surface area contributed by atoms with Crippen LogP contribution in [-0.2, 0) is 17.5 Å². The van der Waals surface area contributed by atoms with Gasteiger partial charge < -0.3 is 10.1 Å². The van der Waals surface area contributed by atoms with Gasteiger partial charge in [-0.05, 0) is 37.6 Å². The van der Waals surface area contributed by atoms with E-state index in [0.717, 1.165) is 19.1 Å². The summed E-state index contributed by atoms with van der Waals surface area (Å²) in [5.41, 5.74) is -3.40. The molecule has 0 aliphatic heterocycles. The van der Waals surface area contributed by atoms with Crippen molar-refractivity contribution in [2.45, 2.75) is 26.6 Å². The van der Waals surface area contributed by atoms with Gasteiger partial charge in [0, 0.05) is 17.2 Å². The second-order valence-electron chi connectivity index (χ2n) is 7.23. The molecule has 3 aromatic rings. The van der Waals surface area contributed by atoms with Crippen LogP contribution in [0.5, 0.6) is 11.5 Å². The van der Waals surface area contributed by atoms with Gasteiger partial charge in [-0.1, -0.05) is 11.6 Å². The van der Waals surface area contributed by atoms with Crippen molar-refractivity contribution in [3.05, 3.63) is 78.6 Å². The third-order valence-corrected chi connectivity index (χ3v) is 4.91. The van der Waals surface area contributed by atoms with Gasteiger partial charge in [0.15, 0.2) is 0 Å². The fourth-order valence-electron chi connectivity index (χ4n) is 3.11. The lowest BCUT2D eigenvalue weighted by Gasteiger charge is -2.11. The number of rotatable bonds is 7. The number of halogens is 4. The van der Waals surface area contributed by atoms with E-state index in [9.17, 15) is 38.2 Å². The molecule has 0 spiro atoms. The van der Waals surface area contributed by atoms with E-state index < -0.39 is 51.2 Å². The molecule has 1 amide bonds. The SMILES string of the molecule is Cc1cc(Cl)ccc1Oc1cc(NC(=O)Cn2nc(C(F)(F)F)c([N+](=O)[O-])c2C)cc([N+](=O)[O-])c1. The highest BCUT2D eigenvalue weighted by Crippen LogP contribution is 2.37. The molecule has 184 valence electrons. The maximum absolute atomic E-state index is 13.1. The number of nitro groups is 2. The molecule has 35 heavy (non-hydrogen) atoms. The molecular weight excluding hydrogens is 499 g/mol. The van der Waals surface area contributed by atoms with Gasteiger partial charge in [-0.15, -0.1) is 0 Å². The number of nitrogens with one attached hydrogen (secondary N) is 1. The van der Waals surface area contributed by atoms with Crippen molar-refractivity contribution in [1.29, 1.82) is 0 Å². The first-order valence-electron chi connectivity index (χ1n) is 9.58. The Morgan fingerprint density at radius 2 is 1.83 bits per heavy atom. The molecule has 2 aromatic carbocycles. The molecule has 1 N–H and O–H groups in total. The number of aromatic nitrogens is 2. The molecule has 0 saturated heterocycles. The van der Waals surface area contributed by atoms with E-state index in [-0.39, 0.29) is 11.4 Å². The third-order valence-electron chi connectivity index (χ3n) is 4.67. The standard InChI is InChI=1S/C20H15ClF3N5O6/c1-10-5-12(21)3-4-16(10)35-15-7-13(6-14(8-15)28(31)32)25-17(30)9-27-11(2)18(29(33)34)19(26-27)20(22,23)24/h3-8H,9H2,1-2H3,(H,25,30). The minimum atomic E-state index is -5.11. The molecular formula is C20H15ClF3N5O6. The van der Waals surface area contributed by atoms with Crippen LogP contribution in [-0.4, -0.2) is 25.5 Å². The molecule has 0 atom stereocenters. The number of carbonyl (C=O) groups is 1. The Labute approximate surface area is 199 Å². The van der Waals surface area contributed by atoms with Gasteiger partial charge in [0.05, 0.1) is 21.6 Å². The number of alkyl halides is 3. The highest BCUT2D eigenvalue weighted by molar-refractivity contribution is 6.30. The number of hydrogen-bond acceptors (Lipinski definition) is 7. The van der Waals surface area contributed by atoms with E-state index >= 15 is 0 Å². The summed E-state index contributed by atoms with van der Waals surface area (Å²) in [6, 6.07) is 8.08. The lowest BCUT2D eigenvalue weighted by Crippen LogP contribution is -2.21. The van der Waals surface area contributed by atoms with Crippen molar-refractivity contribution in [1.82, 2.24) is 9.78 Å². The molecule has 0 bridgehead atoms. The highest BCUT2D eigenvalue weighted by Gasteiger charge is 2.44. The van der Waals surface area contributed by atoms with E-state index in [2.05, 4.69) is 10.4 Å². The molecule has 15 heteroatoms. The number of benzene rings is 2. The lowest BCUT2D eigenvalue weighted by molar-refractivity contribution is -0.388. The first kappa shape index (κ1) is 25.4. The zero-order valence-electron chi connectivity index (χ0n) is 17.9. The van der Waals surface area contributed by atoms with Crippen molar-refractivity contribution in [2.24, 2.45) is 0 Å². The average Bonchev–Trinajstić information content (AvgIpc) is 3.06. The zero-order chi connectivity index (χ0) is 26.1. The molecule has 3 rings (SSSR count). The third kappa shape index (κ3) is 5.84. The molecule has 0 fully saturated rings. The lowest BCUT2D eigenvalue weighted by atomic mass is 10.2. The second kappa shape index (κ2) is 9.58. The summed E-state index contributed by atoms with van der Waals surface area (Å²) in [6.45, 7) is 1.89. The number of anilines is 1. The number of aryl methyl sites for hydroxylation is 1. The van der Waals surface area contributed by atoms with Gasteiger partial charge >= 0.3 is 11.9 Å². The summed E-state index contributed by atoms with van der Waals surface area (Å²) in [4.78, 5) is 32.9. The number of nitrogens with zero attached hydrogens (tertiary/aromatic N) is 4. The van der Waals surface area contributed by atoms with Crippen LogP contribution in [0, 0.1) is 34.1 Å². The molecule has 0 unspecified atom stereocenters. The number of ether oxygens (including phenoxy) is 1. The summed E-state index contributed by atoms with van der Waals surface area (Å²) < 4.78 is 45.5. The van der Waals surface area contributed by atoms with Crippen molar-refractivity contribution in [2.75, 3.05) is 5.32 Å². The molecule has 11 nitrogen and oxygen atoms in total. The van der Waals surface area contributed by atoms with Gasteiger partial charge in [0.1, 0.15) is 23.7 Å². The minimum Gasteiger partial charge on any atom is -0.457 e. The van der Waals surface area contributed by atoms with Crippen LogP contribution in [0.3, 0.4) is 0 Å². The first-order valence-corrected chi connectivity index (χ1v) is 9.96. The maximum Gasteiger partial charge on any atom is 0.442 e. The van der Waals surface area contributed by atoms with E-state index in [4.69, 9.17) is 16.3 Å². The Bertz CT molecular complexity index is 1340. The number of hydrogen-bond donors (Lipinski definition) is 1. The van der Waals surface area contributed by atoms with Crippen molar-refractivity contribution >= 4 is 34.6 Å². The quantitative estimate of drug-likeness (QED) is 0.328. The van der Waals surface area contributed by atoms with Crippen LogP contribution >= 0.6 is 11.6 Å². The Morgan fingerprint density at radius 1 is 1.14 bits per heavy atom. The maximum atomic E-state index is 13.1. The van der Waals surface area contributed by atoms with E-state index in [1.54, 1.807) is 25.1 Å². The van der Waals surface area contributed by atoms with Crippen LogP contribution in [0.2, 0.25) is 5.02 Å². The highest BCUT2D eigenvalue weighted by atomic mass is 35.5. The smallest absolute Gasteiger partial charge is 0.442 e. The number of non-ortho nitro benzene ring substituents is 1. The van der Waals surface area contributed by atoms with Gasteiger partial charge in [-0.2, -0.15) is 18.3 Å². The molecule has 0 aliphatic carbocycles. The van der Waals surface area contributed by atoms with Crippen molar-refractivity contribution in [3.63, 3.8) is 0 Å². The predicted molar refractivity (Wildman–Crippen MR) is 117 cm³/mol. The van der Waals surface area contributed by atoms with E-state index in [1.165, 1.54) is 6.07 Å². The second-order valence-corrected chi connectivity index (χ2v) is 7.66. The van der Waals surface area contributed by atoms with Crippen LogP contribution in [0.4, 0.5) is 30.2 Å². The number of amides is 1. The summed E-state index contributed by atoms with van der Waals surface area (Å²) in [7, 11) is 0. The normalized spacial score (nSPS) is 11.3. The fourth-order valence-corrected chi connectivity index (χ4v) is 3.34. The topological polar surface area (TPSA) is 142 Å². The molecule has 0 radical (unpaired) electrons. The van der Waals surface area contributed by atoms with Crippen LogP contribution in [0.25, 0.3) is 0 Å². The Hall–Kier alpha value is -4.20. The summed E-state index contributed by atoms with van der Waals surface area (Å²) in [5, 5.41) is 28.3. The zero-order valence-corrected chi connectivity index (χ0v) is 18.7. The molecule has 0 aliphatic rings. The summed E-state index contributed by atoms with van der Waals surface area (Å²) in [5.74, 6) is -0.607. The summed E-state index contributed by atoms with van der Waals surface area (Å²) in [6.07, 6.45) is -5.11. The first-order chi connectivity index (χ1) is 16.3. The van der Waals surface area contributed by atoms with Crippen LogP contribution in [0.15, 0.2) is 36.4 Å². The Kier molecular flexibility index (Phi) is 6.96. The van der Waals surface area contributed by atoms with Crippen molar-refractivity contribution in [3.8, 4) is 11.5 Å². The van der Waals surface area contributed by atoms with Crippen LogP contribution in [0.1, 0.15) is 17.0 Å². The molecule has 0 saturated carbocycles. The van der Waals surface area contributed by atoms with Crippen molar-refractivity contribution < 1.29 is 32.5 Å². The number of nitro benzene ring substituents is 1. The molecule has 1 heterocycles.